The highest BCUT2D eigenvalue weighted by molar-refractivity contribution is 9.10. The van der Waals surface area contributed by atoms with E-state index in [1.54, 1.807) is 13.8 Å². The third kappa shape index (κ3) is 4.71. The van der Waals surface area contributed by atoms with Gasteiger partial charge in [0.15, 0.2) is 0 Å². The van der Waals surface area contributed by atoms with E-state index in [-0.39, 0.29) is 0 Å². The Hall–Kier alpha value is -1.29. The molecule has 0 unspecified atom stereocenters. The first-order valence-electron chi connectivity index (χ1n) is 6.01. The molecule has 1 aromatic rings. The number of hydrogen-bond acceptors (Lipinski definition) is 2. The van der Waals surface area contributed by atoms with Crippen LogP contribution in [0.1, 0.15) is 26.3 Å². The smallest absolute Gasteiger partial charge is 0.309 e. The molecule has 3 nitrogen and oxygen atoms in total. The van der Waals surface area contributed by atoms with Gasteiger partial charge in [0.25, 0.3) is 0 Å². The molecule has 0 aliphatic heterocycles. The standard InChI is InChI=1S/C15H19BrO3/c1-10(2)9-19-13-6-5-11(7-12(13)16)8-15(3,4)14(17)18/h5-7H,1,8-9H2,2-4H3,(H,17,18). The molecule has 0 fully saturated rings. The van der Waals surface area contributed by atoms with Crippen molar-refractivity contribution in [3.05, 3.63) is 40.4 Å². The van der Waals surface area contributed by atoms with Gasteiger partial charge in [0.05, 0.1) is 9.89 Å². The Morgan fingerprint density at radius 3 is 2.58 bits per heavy atom. The van der Waals surface area contributed by atoms with Crippen molar-refractivity contribution in [3.63, 3.8) is 0 Å². The molecule has 0 bridgehead atoms. The van der Waals surface area contributed by atoms with Gasteiger partial charge in [0, 0.05) is 0 Å². The van der Waals surface area contributed by atoms with Gasteiger partial charge in [-0.15, -0.1) is 0 Å². The molecule has 0 aliphatic rings. The Balaban J connectivity index is 2.82. The second kappa shape index (κ2) is 6.24. The van der Waals surface area contributed by atoms with E-state index < -0.39 is 11.4 Å². The van der Waals surface area contributed by atoms with Crippen LogP contribution in [-0.2, 0) is 11.2 Å². The molecular formula is C15H19BrO3. The minimum absolute atomic E-state index is 0.471. The fraction of sp³-hybridized carbons (Fsp3) is 0.400. The number of halogens is 1. The first-order valence-corrected chi connectivity index (χ1v) is 6.80. The van der Waals surface area contributed by atoms with Crippen molar-refractivity contribution in [1.82, 2.24) is 0 Å². The molecule has 0 aromatic heterocycles. The molecule has 0 saturated heterocycles. The number of rotatable bonds is 6. The molecule has 0 saturated carbocycles. The van der Waals surface area contributed by atoms with E-state index in [1.807, 2.05) is 25.1 Å². The lowest BCUT2D eigenvalue weighted by Crippen LogP contribution is -2.26. The summed E-state index contributed by atoms with van der Waals surface area (Å²) in [7, 11) is 0. The Labute approximate surface area is 122 Å². The number of carboxylic acids is 1. The summed E-state index contributed by atoms with van der Waals surface area (Å²) >= 11 is 3.44. The van der Waals surface area contributed by atoms with E-state index in [0.29, 0.717) is 13.0 Å². The summed E-state index contributed by atoms with van der Waals surface area (Å²) in [5.41, 5.74) is 1.13. The van der Waals surface area contributed by atoms with Crippen molar-refractivity contribution in [3.8, 4) is 5.75 Å². The highest BCUT2D eigenvalue weighted by Crippen LogP contribution is 2.29. The van der Waals surface area contributed by atoms with Gasteiger partial charge in [-0.2, -0.15) is 0 Å². The maximum Gasteiger partial charge on any atom is 0.309 e. The minimum Gasteiger partial charge on any atom is -0.488 e. The summed E-state index contributed by atoms with van der Waals surface area (Å²) in [5, 5.41) is 9.13. The maximum absolute atomic E-state index is 11.1. The lowest BCUT2D eigenvalue weighted by atomic mass is 9.86. The fourth-order valence-electron chi connectivity index (χ4n) is 1.56. The highest BCUT2D eigenvalue weighted by Gasteiger charge is 2.27. The first-order chi connectivity index (χ1) is 8.72. The zero-order chi connectivity index (χ0) is 14.6. The van der Waals surface area contributed by atoms with Gasteiger partial charge in [-0.05, 0) is 66.4 Å². The van der Waals surface area contributed by atoms with E-state index in [0.717, 1.165) is 21.4 Å². The Bertz CT molecular complexity index is 492. The van der Waals surface area contributed by atoms with E-state index in [2.05, 4.69) is 22.5 Å². The van der Waals surface area contributed by atoms with Gasteiger partial charge < -0.3 is 9.84 Å². The second-order valence-corrected chi connectivity index (χ2v) is 6.23. The average Bonchev–Trinajstić information content (AvgIpc) is 2.26. The number of carbonyl (C=O) groups is 1. The summed E-state index contributed by atoms with van der Waals surface area (Å²) in [5.74, 6) is -0.0638. The van der Waals surface area contributed by atoms with Crippen LogP contribution in [0.2, 0.25) is 0 Å². The Kier molecular flexibility index (Phi) is 5.18. The molecule has 0 heterocycles. The van der Waals surface area contributed by atoms with Crippen LogP contribution in [0.15, 0.2) is 34.8 Å². The summed E-state index contributed by atoms with van der Waals surface area (Å²) in [6.45, 7) is 9.58. The molecule has 0 spiro atoms. The molecule has 4 heteroatoms. The average molecular weight is 327 g/mol. The second-order valence-electron chi connectivity index (χ2n) is 5.38. The molecule has 1 N–H and O–H groups in total. The third-order valence-electron chi connectivity index (χ3n) is 2.70. The van der Waals surface area contributed by atoms with Gasteiger partial charge in [-0.3, -0.25) is 4.79 Å². The van der Waals surface area contributed by atoms with Crippen molar-refractivity contribution in [2.24, 2.45) is 5.41 Å². The van der Waals surface area contributed by atoms with Gasteiger partial charge in [0.1, 0.15) is 12.4 Å². The largest absolute Gasteiger partial charge is 0.488 e. The van der Waals surface area contributed by atoms with E-state index in [4.69, 9.17) is 9.84 Å². The first kappa shape index (κ1) is 15.8. The van der Waals surface area contributed by atoms with Crippen LogP contribution in [0.5, 0.6) is 5.75 Å². The number of ether oxygens (including phenoxy) is 1. The van der Waals surface area contributed by atoms with Crippen LogP contribution in [0, 0.1) is 5.41 Å². The van der Waals surface area contributed by atoms with Crippen LogP contribution in [0.4, 0.5) is 0 Å². The molecule has 1 aromatic carbocycles. The van der Waals surface area contributed by atoms with Crippen LogP contribution < -0.4 is 4.74 Å². The van der Waals surface area contributed by atoms with Gasteiger partial charge in [-0.25, -0.2) is 0 Å². The van der Waals surface area contributed by atoms with Crippen molar-refractivity contribution < 1.29 is 14.6 Å². The van der Waals surface area contributed by atoms with Gasteiger partial charge in [0.2, 0.25) is 0 Å². The Morgan fingerprint density at radius 2 is 2.11 bits per heavy atom. The lowest BCUT2D eigenvalue weighted by Gasteiger charge is -2.19. The van der Waals surface area contributed by atoms with Crippen molar-refractivity contribution in [2.75, 3.05) is 6.61 Å². The number of hydrogen-bond donors (Lipinski definition) is 1. The predicted molar refractivity (Wildman–Crippen MR) is 79.6 cm³/mol. The third-order valence-corrected chi connectivity index (χ3v) is 3.32. The van der Waals surface area contributed by atoms with Gasteiger partial charge in [-0.1, -0.05) is 12.6 Å². The highest BCUT2D eigenvalue weighted by atomic mass is 79.9. The van der Waals surface area contributed by atoms with Crippen LogP contribution in [0.25, 0.3) is 0 Å². The normalized spacial score (nSPS) is 11.2. The number of benzene rings is 1. The molecular weight excluding hydrogens is 308 g/mol. The number of aliphatic carboxylic acids is 1. The van der Waals surface area contributed by atoms with E-state index >= 15 is 0 Å². The molecule has 0 amide bonds. The molecule has 0 atom stereocenters. The topological polar surface area (TPSA) is 46.5 Å². The van der Waals surface area contributed by atoms with Gasteiger partial charge >= 0.3 is 5.97 Å². The Morgan fingerprint density at radius 1 is 1.47 bits per heavy atom. The van der Waals surface area contributed by atoms with Crippen molar-refractivity contribution >= 4 is 21.9 Å². The molecule has 1 rings (SSSR count). The summed E-state index contributed by atoms with van der Waals surface area (Å²) < 4.78 is 6.39. The zero-order valence-corrected chi connectivity index (χ0v) is 13.1. The number of carboxylic acid groups (broad SMARTS) is 1. The van der Waals surface area contributed by atoms with Crippen LogP contribution >= 0.6 is 15.9 Å². The summed E-state index contributed by atoms with van der Waals surface area (Å²) in [6, 6.07) is 5.64. The van der Waals surface area contributed by atoms with E-state index in [1.165, 1.54) is 0 Å². The molecule has 0 aliphatic carbocycles. The van der Waals surface area contributed by atoms with E-state index in [9.17, 15) is 4.79 Å². The monoisotopic (exact) mass is 326 g/mol. The lowest BCUT2D eigenvalue weighted by molar-refractivity contribution is -0.146. The fourth-order valence-corrected chi connectivity index (χ4v) is 2.10. The molecule has 104 valence electrons. The quantitative estimate of drug-likeness (QED) is 0.802. The van der Waals surface area contributed by atoms with Crippen molar-refractivity contribution in [1.29, 1.82) is 0 Å². The molecule has 0 radical (unpaired) electrons. The van der Waals surface area contributed by atoms with Crippen molar-refractivity contribution in [2.45, 2.75) is 27.2 Å². The molecule has 19 heavy (non-hydrogen) atoms. The SMILES string of the molecule is C=C(C)COc1ccc(CC(C)(C)C(=O)O)cc1Br. The van der Waals surface area contributed by atoms with Crippen LogP contribution in [-0.4, -0.2) is 17.7 Å². The van der Waals surface area contributed by atoms with Crippen LogP contribution in [0.3, 0.4) is 0 Å². The summed E-state index contributed by atoms with van der Waals surface area (Å²) in [6.07, 6.45) is 0.474. The minimum atomic E-state index is -0.800. The predicted octanol–water partition coefficient (Wildman–Crippen LogP) is 4.06. The zero-order valence-electron chi connectivity index (χ0n) is 11.5. The maximum atomic E-state index is 11.1. The summed E-state index contributed by atoms with van der Waals surface area (Å²) in [4.78, 5) is 11.1.